The Morgan fingerprint density at radius 1 is 1.28 bits per heavy atom. The molecule has 0 aromatic carbocycles. The highest BCUT2D eigenvalue weighted by molar-refractivity contribution is 4.79. The molecule has 0 amide bonds. The van der Waals surface area contributed by atoms with Gasteiger partial charge in [0, 0.05) is 12.5 Å². The molecular formula is C13H25F3N2. The SMILES string of the molecule is CCN1CCC(C(C)NCCCC(F)(F)F)CC1. The van der Waals surface area contributed by atoms with E-state index in [9.17, 15) is 13.2 Å². The molecule has 1 N–H and O–H groups in total. The van der Waals surface area contributed by atoms with Crippen molar-refractivity contribution in [1.29, 1.82) is 0 Å². The number of rotatable bonds is 6. The summed E-state index contributed by atoms with van der Waals surface area (Å²) in [5.74, 6) is 0.610. The summed E-state index contributed by atoms with van der Waals surface area (Å²) in [5, 5.41) is 3.24. The number of alkyl halides is 3. The van der Waals surface area contributed by atoms with Crippen molar-refractivity contribution in [1.82, 2.24) is 10.2 Å². The van der Waals surface area contributed by atoms with E-state index >= 15 is 0 Å². The maximum absolute atomic E-state index is 12.0. The summed E-state index contributed by atoms with van der Waals surface area (Å²) in [6, 6.07) is 0.331. The third-order valence-corrected chi connectivity index (χ3v) is 3.89. The monoisotopic (exact) mass is 266 g/mol. The summed E-state index contributed by atoms with van der Waals surface area (Å²) in [7, 11) is 0. The van der Waals surface area contributed by atoms with Gasteiger partial charge in [-0.05, 0) is 58.3 Å². The van der Waals surface area contributed by atoms with Crippen LogP contribution in [0.1, 0.15) is 39.5 Å². The van der Waals surface area contributed by atoms with Crippen LogP contribution in [0.2, 0.25) is 0 Å². The maximum Gasteiger partial charge on any atom is 0.389 e. The molecule has 1 aliphatic heterocycles. The quantitative estimate of drug-likeness (QED) is 0.743. The van der Waals surface area contributed by atoms with E-state index < -0.39 is 12.6 Å². The number of hydrogen-bond acceptors (Lipinski definition) is 2. The van der Waals surface area contributed by atoms with Crippen molar-refractivity contribution in [3.63, 3.8) is 0 Å². The lowest BCUT2D eigenvalue weighted by Gasteiger charge is -2.34. The highest BCUT2D eigenvalue weighted by Crippen LogP contribution is 2.22. The lowest BCUT2D eigenvalue weighted by Crippen LogP contribution is -2.42. The van der Waals surface area contributed by atoms with Crippen molar-refractivity contribution in [3.05, 3.63) is 0 Å². The van der Waals surface area contributed by atoms with Gasteiger partial charge in [0.05, 0.1) is 0 Å². The smallest absolute Gasteiger partial charge is 0.314 e. The van der Waals surface area contributed by atoms with Crippen molar-refractivity contribution in [2.75, 3.05) is 26.2 Å². The van der Waals surface area contributed by atoms with Crippen LogP contribution in [0.4, 0.5) is 13.2 Å². The third kappa shape index (κ3) is 6.05. The maximum atomic E-state index is 12.0. The van der Waals surface area contributed by atoms with E-state index in [0.29, 0.717) is 18.5 Å². The molecule has 0 spiro atoms. The zero-order valence-electron chi connectivity index (χ0n) is 11.4. The van der Waals surface area contributed by atoms with E-state index in [-0.39, 0.29) is 6.42 Å². The van der Waals surface area contributed by atoms with E-state index in [2.05, 4.69) is 24.1 Å². The molecule has 18 heavy (non-hydrogen) atoms. The Labute approximate surface area is 108 Å². The summed E-state index contributed by atoms with van der Waals surface area (Å²) in [5.41, 5.74) is 0. The minimum absolute atomic E-state index is 0.182. The van der Waals surface area contributed by atoms with Crippen LogP contribution in [0, 0.1) is 5.92 Å². The molecule has 0 saturated carbocycles. The van der Waals surface area contributed by atoms with E-state index in [4.69, 9.17) is 0 Å². The van der Waals surface area contributed by atoms with Gasteiger partial charge >= 0.3 is 6.18 Å². The predicted octanol–water partition coefficient (Wildman–Crippen LogP) is 3.04. The normalized spacial score (nSPS) is 21.2. The molecule has 0 radical (unpaired) electrons. The molecule has 1 unspecified atom stereocenters. The van der Waals surface area contributed by atoms with Crippen LogP contribution in [0.3, 0.4) is 0 Å². The standard InChI is InChI=1S/C13H25F3N2/c1-3-18-9-5-12(6-10-18)11(2)17-8-4-7-13(14,15)16/h11-12,17H,3-10H2,1-2H3. The zero-order valence-corrected chi connectivity index (χ0v) is 11.4. The van der Waals surface area contributed by atoms with E-state index in [0.717, 1.165) is 32.5 Å². The fourth-order valence-electron chi connectivity index (χ4n) is 2.55. The van der Waals surface area contributed by atoms with Crippen LogP contribution in [0.5, 0.6) is 0 Å². The van der Waals surface area contributed by atoms with Crippen molar-refractivity contribution >= 4 is 0 Å². The van der Waals surface area contributed by atoms with Gasteiger partial charge in [-0.3, -0.25) is 0 Å². The fourth-order valence-corrected chi connectivity index (χ4v) is 2.55. The molecule has 1 fully saturated rings. The number of nitrogens with zero attached hydrogens (tertiary/aromatic N) is 1. The minimum Gasteiger partial charge on any atom is -0.314 e. The second-order valence-electron chi connectivity index (χ2n) is 5.23. The molecule has 5 heteroatoms. The molecule has 1 atom stereocenters. The van der Waals surface area contributed by atoms with Crippen molar-refractivity contribution in [2.45, 2.75) is 51.7 Å². The summed E-state index contributed by atoms with van der Waals surface area (Å²) in [4.78, 5) is 2.42. The van der Waals surface area contributed by atoms with Crippen LogP contribution in [-0.4, -0.2) is 43.3 Å². The average molecular weight is 266 g/mol. The van der Waals surface area contributed by atoms with Crippen molar-refractivity contribution in [3.8, 4) is 0 Å². The van der Waals surface area contributed by atoms with Gasteiger partial charge in [0.25, 0.3) is 0 Å². The summed E-state index contributed by atoms with van der Waals surface area (Å²) in [6.45, 7) is 8.07. The van der Waals surface area contributed by atoms with E-state index in [1.54, 1.807) is 0 Å². The van der Waals surface area contributed by atoms with Gasteiger partial charge in [-0.25, -0.2) is 0 Å². The lowest BCUT2D eigenvalue weighted by molar-refractivity contribution is -0.135. The van der Waals surface area contributed by atoms with Crippen LogP contribution in [0.25, 0.3) is 0 Å². The van der Waals surface area contributed by atoms with Gasteiger partial charge in [0.2, 0.25) is 0 Å². The van der Waals surface area contributed by atoms with Gasteiger partial charge in [0.15, 0.2) is 0 Å². The number of nitrogens with one attached hydrogen (secondary N) is 1. The third-order valence-electron chi connectivity index (χ3n) is 3.89. The number of halogens is 3. The van der Waals surface area contributed by atoms with E-state index in [1.165, 1.54) is 0 Å². The Morgan fingerprint density at radius 2 is 1.89 bits per heavy atom. The second kappa shape index (κ2) is 7.34. The molecule has 0 aromatic rings. The molecule has 2 nitrogen and oxygen atoms in total. The van der Waals surface area contributed by atoms with E-state index in [1.807, 2.05) is 0 Å². The highest BCUT2D eigenvalue weighted by Gasteiger charge is 2.26. The molecule has 0 bridgehead atoms. The zero-order chi connectivity index (χ0) is 13.6. The Bertz CT molecular complexity index is 223. The minimum atomic E-state index is -4.02. The lowest BCUT2D eigenvalue weighted by atomic mass is 9.90. The predicted molar refractivity (Wildman–Crippen MR) is 67.6 cm³/mol. The fraction of sp³-hybridized carbons (Fsp3) is 1.00. The Kier molecular flexibility index (Phi) is 6.43. The van der Waals surface area contributed by atoms with Crippen LogP contribution >= 0.6 is 0 Å². The molecule has 108 valence electrons. The molecule has 0 aliphatic carbocycles. The second-order valence-corrected chi connectivity index (χ2v) is 5.23. The van der Waals surface area contributed by atoms with Gasteiger partial charge in [-0.2, -0.15) is 13.2 Å². The first-order chi connectivity index (χ1) is 8.42. The van der Waals surface area contributed by atoms with Gasteiger partial charge in [0.1, 0.15) is 0 Å². The molecule has 1 saturated heterocycles. The Balaban J connectivity index is 2.12. The Hall–Kier alpha value is -0.290. The summed E-state index contributed by atoms with van der Waals surface area (Å²) >= 11 is 0. The number of likely N-dealkylation sites (tertiary alicyclic amines) is 1. The first kappa shape index (κ1) is 15.8. The number of hydrogen-bond donors (Lipinski definition) is 1. The van der Waals surface area contributed by atoms with Crippen molar-refractivity contribution in [2.24, 2.45) is 5.92 Å². The highest BCUT2D eigenvalue weighted by atomic mass is 19.4. The molecule has 1 aliphatic rings. The van der Waals surface area contributed by atoms with Crippen LogP contribution in [-0.2, 0) is 0 Å². The average Bonchev–Trinajstić information content (AvgIpc) is 2.33. The Morgan fingerprint density at radius 3 is 2.39 bits per heavy atom. The van der Waals surface area contributed by atoms with Gasteiger partial charge < -0.3 is 10.2 Å². The summed E-state index contributed by atoms with van der Waals surface area (Å²) < 4.78 is 36.0. The number of piperidine rings is 1. The topological polar surface area (TPSA) is 15.3 Å². The van der Waals surface area contributed by atoms with Crippen LogP contribution in [0.15, 0.2) is 0 Å². The summed E-state index contributed by atoms with van der Waals surface area (Å²) in [6.07, 6.45) is -2.21. The molecule has 1 rings (SSSR count). The molecular weight excluding hydrogens is 241 g/mol. The molecule has 1 heterocycles. The van der Waals surface area contributed by atoms with Gasteiger partial charge in [-0.1, -0.05) is 6.92 Å². The van der Waals surface area contributed by atoms with Crippen molar-refractivity contribution < 1.29 is 13.2 Å². The largest absolute Gasteiger partial charge is 0.389 e. The van der Waals surface area contributed by atoms with Gasteiger partial charge in [-0.15, -0.1) is 0 Å². The first-order valence-corrected chi connectivity index (χ1v) is 6.95. The molecule has 0 aromatic heterocycles. The van der Waals surface area contributed by atoms with Crippen LogP contribution < -0.4 is 5.32 Å². The first-order valence-electron chi connectivity index (χ1n) is 6.95.